The van der Waals surface area contributed by atoms with E-state index in [1.807, 2.05) is 25.1 Å². The zero-order valence-corrected chi connectivity index (χ0v) is 12.1. The first-order valence-corrected chi connectivity index (χ1v) is 6.45. The van der Waals surface area contributed by atoms with Crippen molar-refractivity contribution in [2.45, 2.75) is 6.92 Å². The van der Waals surface area contributed by atoms with Gasteiger partial charge in [0.25, 0.3) is 0 Å². The second-order valence-electron chi connectivity index (χ2n) is 3.69. The lowest BCUT2D eigenvalue weighted by Gasteiger charge is -2.25. The van der Waals surface area contributed by atoms with Crippen molar-refractivity contribution in [3.05, 3.63) is 28.2 Å². The highest BCUT2D eigenvalue weighted by Gasteiger charge is 2.15. The number of halogens is 1. The lowest BCUT2D eigenvalue weighted by molar-refractivity contribution is 0.205. The molecule has 1 rings (SSSR count). The Labute approximate surface area is 115 Å². The maximum atomic E-state index is 8.87. The topological polar surface area (TPSA) is 71.1 Å². The van der Waals surface area contributed by atoms with Crippen molar-refractivity contribution in [1.82, 2.24) is 0 Å². The highest BCUT2D eigenvalue weighted by Crippen LogP contribution is 2.27. The molecule has 6 heteroatoms. The molecule has 100 valence electrons. The zero-order chi connectivity index (χ0) is 13.5. The number of oxime groups is 1. The standard InChI is InChI=1S/C12H18BrN3O2/c1-3-16(7-8-18-2)10-6-4-5-9(13)11(10)12(14)15-17/h4-6,17H,3,7-8H2,1-2H3,(H2,14,15). The molecule has 0 radical (unpaired) electrons. The molecule has 0 aliphatic heterocycles. The van der Waals surface area contributed by atoms with Crippen molar-refractivity contribution in [3.63, 3.8) is 0 Å². The molecular weight excluding hydrogens is 298 g/mol. The van der Waals surface area contributed by atoms with Gasteiger partial charge in [0.2, 0.25) is 0 Å². The lowest BCUT2D eigenvalue weighted by Crippen LogP contribution is -2.29. The molecule has 0 saturated heterocycles. The lowest BCUT2D eigenvalue weighted by atomic mass is 10.1. The van der Waals surface area contributed by atoms with Gasteiger partial charge in [0.1, 0.15) is 0 Å². The van der Waals surface area contributed by atoms with Gasteiger partial charge >= 0.3 is 0 Å². The Morgan fingerprint density at radius 3 is 2.83 bits per heavy atom. The summed E-state index contributed by atoms with van der Waals surface area (Å²) in [6, 6.07) is 5.72. The van der Waals surface area contributed by atoms with Crippen LogP contribution >= 0.6 is 15.9 Å². The molecule has 3 N–H and O–H groups in total. The Morgan fingerprint density at radius 1 is 1.56 bits per heavy atom. The van der Waals surface area contributed by atoms with Crippen LogP contribution in [0.3, 0.4) is 0 Å². The fourth-order valence-electron chi connectivity index (χ4n) is 1.73. The van der Waals surface area contributed by atoms with Gasteiger partial charge in [0.05, 0.1) is 12.2 Å². The van der Waals surface area contributed by atoms with Gasteiger partial charge in [0, 0.05) is 30.4 Å². The number of nitrogens with two attached hydrogens (primary N) is 1. The number of nitrogens with zero attached hydrogens (tertiary/aromatic N) is 2. The maximum absolute atomic E-state index is 8.87. The van der Waals surface area contributed by atoms with E-state index in [2.05, 4.69) is 26.0 Å². The fraction of sp³-hybridized carbons (Fsp3) is 0.417. The maximum Gasteiger partial charge on any atom is 0.173 e. The van der Waals surface area contributed by atoms with Gasteiger partial charge < -0.3 is 20.6 Å². The second-order valence-corrected chi connectivity index (χ2v) is 4.55. The Balaban J connectivity index is 3.17. The van der Waals surface area contributed by atoms with E-state index >= 15 is 0 Å². The Morgan fingerprint density at radius 2 is 2.28 bits per heavy atom. The molecule has 0 amide bonds. The van der Waals surface area contributed by atoms with E-state index in [1.54, 1.807) is 7.11 Å². The first-order chi connectivity index (χ1) is 8.65. The summed E-state index contributed by atoms with van der Waals surface area (Å²) in [5.41, 5.74) is 7.34. The normalized spacial score (nSPS) is 11.6. The molecule has 0 heterocycles. The number of likely N-dealkylation sites (N-methyl/N-ethyl adjacent to an activating group) is 1. The summed E-state index contributed by atoms with van der Waals surface area (Å²) in [6.45, 7) is 4.23. The number of ether oxygens (including phenoxy) is 1. The number of amidine groups is 1. The Hall–Kier alpha value is -1.27. The third kappa shape index (κ3) is 3.36. The average molecular weight is 316 g/mol. The molecule has 0 aromatic heterocycles. The summed E-state index contributed by atoms with van der Waals surface area (Å²) >= 11 is 3.42. The first-order valence-electron chi connectivity index (χ1n) is 5.66. The number of hydrogen-bond acceptors (Lipinski definition) is 4. The van der Waals surface area contributed by atoms with Gasteiger partial charge in [-0.15, -0.1) is 0 Å². The summed E-state index contributed by atoms with van der Waals surface area (Å²) in [6.07, 6.45) is 0. The van der Waals surface area contributed by atoms with Crippen LogP contribution in [0.4, 0.5) is 5.69 Å². The molecule has 1 aromatic carbocycles. The number of rotatable bonds is 6. The van der Waals surface area contributed by atoms with E-state index < -0.39 is 0 Å². The molecule has 0 unspecified atom stereocenters. The Kier molecular flexibility index (Phi) is 5.94. The smallest absolute Gasteiger partial charge is 0.173 e. The van der Waals surface area contributed by atoms with Gasteiger partial charge in [-0.2, -0.15) is 0 Å². The minimum atomic E-state index is 0.0911. The van der Waals surface area contributed by atoms with Crippen molar-refractivity contribution in [1.29, 1.82) is 0 Å². The van der Waals surface area contributed by atoms with Gasteiger partial charge in [-0.05, 0) is 35.0 Å². The van der Waals surface area contributed by atoms with Crippen LogP contribution in [-0.4, -0.2) is 37.8 Å². The molecule has 0 atom stereocenters. The highest BCUT2D eigenvalue weighted by molar-refractivity contribution is 9.10. The largest absolute Gasteiger partial charge is 0.409 e. The minimum Gasteiger partial charge on any atom is -0.409 e. The molecule has 0 bridgehead atoms. The molecule has 0 spiro atoms. The Bertz CT molecular complexity index is 424. The van der Waals surface area contributed by atoms with Crippen molar-refractivity contribution in [2.24, 2.45) is 10.9 Å². The van der Waals surface area contributed by atoms with Gasteiger partial charge in [0.15, 0.2) is 5.84 Å². The SMILES string of the molecule is CCN(CCOC)c1cccc(Br)c1/C(N)=N/O. The number of anilines is 1. The fourth-order valence-corrected chi connectivity index (χ4v) is 2.29. The van der Waals surface area contributed by atoms with Crippen molar-refractivity contribution < 1.29 is 9.94 Å². The molecule has 1 aromatic rings. The van der Waals surface area contributed by atoms with Gasteiger partial charge in [-0.3, -0.25) is 0 Å². The van der Waals surface area contributed by atoms with Gasteiger partial charge in [-0.25, -0.2) is 0 Å². The zero-order valence-electron chi connectivity index (χ0n) is 10.6. The van der Waals surface area contributed by atoms with Crippen LogP contribution in [0.1, 0.15) is 12.5 Å². The minimum absolute atomic E-state index is 0.0911. The molecule has 18 heavy (non-hydrogen) atoms. The molecular formula is C12H18BrN3O2. The van der Waals surface area contributed by atoms with E-state index in [1.165, 1.54) is 0 Å². The predicted molar refractivity (Wildman–Crippen MR) is 76.4 cm³/mol. The molecule has 0 fully saturated rings. The highest BCUT2D eigenvalue weighted by atomic mass is 79.9. The number of benzene rings is 1. The summed E-state index contributed by atoms with van der Waals surface area (Å²) in [4.78, 5) is 2.11. The number of methoxy groups -OCH3 is 1. The van der Waals surface area contributed by atoms with Crippen LogP contribution in [0.2, 0.25) is 0 Å². The molecule has 0 saturated carbocycles. The van der Waals surface area contributed by atoms with Crippen molar-refractivity contribution in [3.8, 4) is 0 Å². The van der Waals surface area contributed by atoms with Crippen molar-refractivity contribution in [2.75, 3.05) is 31.7 Å². The summed E-state index contributed by atoms with van der Waals surface area (Å²) in [5, 5.41) is 12.0. The average Bonchev–Trinajstić information content (AvgIpc) is 2.39. The monoisotopic (exact) mass is 315 g/mol. The molecule has 0 aliphatic rings. The predicted octanol–water partition coefficient (Wildman–Crippen LogP) is 2.02. The van der Waals surface area contributed by atoms with Crippen LogP contribution in [0, 0.1) is 0 Å². The van der Waals surface area contributed by atoms with Crippen molar-refractivity contribution >= 4 is 27.5 Å². The quantitative estimate of drug-likeness (QED) is 0.364. The van der Waals surface area contributed by atoms with Crippen LogP contribution < -0.4 is 10.6 Å². The van der Waals surface area contributed by atoms with Crippen LogP contribution in [-0.2, 0) is 4.74 Å². The van der Waals surface area contributed by atoms with Gasteiger partial charge in [-0.1, -0.05) is 11.2 Å². The summed E-state index contributed by atoms with van der Waals surface area (Å²) in [7, 11) is 1.67. The summed E-state index contributed by atoms with van der Waals surface area (Å²) < 4.78 is 5.89. The molecule has 0 aliphatic carbocycles. The van der Waals surface area contributed by atoms with E-state index in [9.17, 15) is 0 Å². The number of hydrogen-bond donors (Lipinski definition) is 2. The van der Waals surface area contributed by atoms with E-state index in [0.29, 0.717) is 12.2 Å². The third-order valence-electron chi connectivity index (χ3n) is 2.64. The van der Waals surface area contributed by atoms with Crippen LogP contribution in [0.25, 0.3) is 0 Å². The van der Waals surface area contributed by atoms with E-state index in [-0.39, 0.29) is 5.84 Å². The van der Waals surface area contributed by atoms with E-state index in [4.69, 9.17) is 15.7 Å². The third-order valence-corrected chi connectivity index (χ3v) is 3.30. The van der Waals surface area contributed by atoms with Crippen LogP contribution in [0.5, 0.6) is 0 Å². The summed E-state index contributed by atoms with van der Waals surface area (Å²) in [5.74, 6) is 0.0911. The first kappa shape index (κ1) is 14.8. The van der Waals surface area contributed by atoms with Crippen LogP contribution in [0.15, 0.2) is 27.8 Å². The second kappa shape index (κ2) is 7.23. The van der Waals surface area contributed by atoms with E-state index in [0.717, 1.165) is 23.2 Å². The molecule has 5 nitrogen and oxygen atoms in total.